The molecular weight excluding hydrogens is 1060 g/mol. The predicted molar refractivity (Wildman–Crippen MR) is 253 cm³/mol. The van der Waals surface area contributed by atoms with Gasteiger partial charge < -0.3 is 144 Å². The molecule has 22 aliphatic heterocycles. The van der Waals surface area contributed by atoms with Crippen LogP contribution in [-0.2, 0) is 114 Å². The maximum Gasteiger partial charge on any atom is 0.187 e. The van der Waals surface area contributed by atoms with E-state index < -0.39 is 224 Å². The lowest BCUT2D eigenvalue weighted by Crippen LogP contribution is -2.70. The van der Waals surface area contributed by atoms with Gasteiger partial charge in [0.2, 0.25) is 0 Å². The molecule has 30 nitrogen and oxygen atoms in total. The van der Waals surface area contributed by atoms with Gasteiger partial charge in [0.15, 0.2) is 37.7 Å². The van der Waals surface area contributed by atoms with E-state index in [0.29, 0.717) is 0 Å². The lowest BCUT2D eigenvalue weighted by Gasteiger charge is -2.53. The standard InChI is InChI=1S/C48H84O30/c1-55-31-25-19(13-49)67-43(37(31)61-7)74-26-20(14-50)69-45(39(63-9)32(26)56-2)76-28-22(16-52)71-47(41(65-11)34(28)58-4)78-30-24(18-54)72-48(42(66-12)36(30)60-6)77-29-23(17-53)70-46(40(64-10)35(29)59-5)75-27-21(15-51)68-44(73-25)38(62-8)33(27)57-3/h19-54H,13-18H2,1-12H3. The zero-order valence-corrected chi connectivity index (χ0v) is 46.0. The van der Waals surface area contributed by atoms with Crippen LogP contribution in [0.4, 0.5) is 0 Å². The first-order valence-electron chi connectivity index (χ1n) is 25.7. The van der Waals surface area contributed by atoms with Crippen LogP contribution in [0.2, 0.25) is 0 Å². The van der Waals surface area contributed by atoms with Crippen molar-refractivity contribution < 1.29 is 144 Å². The molecule has 22 fully saturated rings. The highest BCUT2D eigenvalue weighted by Crippen LogP contribution is 2.41. The van der Waals surface area contributed by atoms with Crippen molar-refractivity contribution in [3.05, 3.63) is 0 Å². The van der Waals surface area contributed by atoms with Crippen LogP contribution in [0.5, 0.6) is 0 Å². The number of ether oxygens (including phenoxy) is 24. The Morgan fingerprint density at radius 3 is 0.397 bits per heavy atom. The number of rotatable bonds is 18. The van der Waals surface area contributed by atoms with Crippen molar-refractivity contribution in [2.24, 2.45) is 0 Å². The lowest BCUT2D eigenvalue weighted by atomic mass is 9.94. The number of methoxy groups -OCH3 is 12. The first kappa shape index (κ1) is 64.4. The summed E-state index contributed by atoms with van der Waals surface area (Å²) >= 11 is 0. The summed E-state index contributed by atoms with van der Waals surface area (Å²) in [5, 5.41) is 65.8. The molecule has 0 aliphatic carbocycles. The third kappa shape index (κ3) is 12.7. The van der Waals surface area contributed by atoms with Gasteiger partial charge in [-0.2, -0.15) is 0 Å². The van der Waals surface area contributed by atoms with E-state index in [4.69, 9.17) is 114 Å². The molecule has 0 aromatic rings. The van der Waals surface area contributed by atoms with Gasteiger partial charge >= 0.3 is 0 Å². The zero-order valence-electron chi connectivity index (χ0n) is 46.0. The van der Waals surface area contributed by atoms with Crippen LogP contribution in [0.25, 0.3) is 0 Å². The summed E-state index contributed by atoms with van der Waals surface area (Å²) < 4.78 is 150. The van der Waals surface area contributed by atoms with E-state index in [9.17, 15) is 30.6 Å². The highest BCUT2D eigenvalue weighted by atomic mass is 16.8. The first-order valence-corrected chi connectivity index (χ1v) is 25.7. The Morgan fingerprint density at radius 2 is 0.308 bits per heavy atom. The topological polar surface area (TPSA) is 343 Å². The van der Waals surface area contributed by atoms with Gasteiger partial charge in [-0.15, -0.1) is 0 Å². The van der Waals surface area contributed by atoms with Crippen LogP contribution >= 0.6 is 0 Å². The molecular formula is C48H84O30. The molecule has 0 spiro atoms. The molecule has 30 unspecified atom stereocenters. The predicted octanol–water partition coefficient (Wildman–Crippen LogP) is -5.21. The maximum atomic E-state index is 11.0. The van der Waals surface area contributed by atoms with Crippen molar-refractivity contribution in [1.82, 2.24) is 0 Å². The quantitative estimate of drug-likeness (QED) is 0.0747. The Kier molecular flexibility index (Phi) is 24.8. The van der Waals surface area contributed by atoms with Gasteiger partial charge in [0, 0.05) is 85.3 Å². The number of hydrogen-bond donors (Lipinski definition) is 6. The van der Waals surface area contributed by atoms with Gasteiger partial charge in [0.25, 0.3) is 0 Å². The summed E-state index contributed by atoms with van der Waals surface area (Å²) in [6.07, 6.45) is -35.9. The second kappa shape index (κ2) is 30.0. The van der Waals surface area contributed by atoms with E-state index in [0.717, 1.165) is 0 Å². The van der Waals surface area contributed by atoms with Gasteiger partial charge in [-0.1, -0.05) is 0 Å². The molecule has 12 bridgehead atoms. The fourth-order valence-corrected chi connectivity index (χ4v) is 11.8. The van der Waals surface area contributed by atoms with E-state index in [2.05, 4.69) is 0 Å². The van der Waals surface area contributed by atoms with Crippen LogP contribution in [0.15, 0.2) is 0 Å². The van der Waals surface area contributed by atoms with Crippen LogP contribution in [0.1, 0.15) is 0 Å². The number of aliphatic hydroxyl groups is 6. The highest BCUT2D eigenvalue weighted by Gasteiger charge is 2.61. The fourth-order valence-electron chi connectivity index (χ4n) is 11.8. The fraction of sp³-hybridized carbons (Fsp3) is 1.00. The third-order valence-electron chi connectivity index (χ3n) is 15.6. The van der Waals surface area contributed by atoms with Crippen LogP contribution in [-0.4, -0.2) is 340 Å². The van der Waals surface area contributed by atoms with Crippen LogP contribution < -0.4 is 0 Å². The van der Waals surface area contributed by atoms with Crippen LogP contribution in [0, 0.1) is 0 Å². The molecule has 22 heterocycles. The molecule has 78 heavy (non-hydrogen) atoms. The molecule has 0 aromatic heterocycles. The monoisotopic (exact) mass is 1140 g/mol. The minimum Gasteiger partial charge on any atom is -0.394 e. The highest BCUT2D eigenvalue weighted by molar-refractivity contribution is 5.03. The van der Waals surface area contributed by atoms with Gasteiger partial charge in [-0.3, -0.25) is 0 Å². The average Bonchev–Trinajstić information content (AvgIpc) is 3.52. The summed E-state index contributed by atoms with van der Waals surface area (Å²) in [6.45, 7) is -3.93. The number of aliphatic hydroxyl groups excluding tert-OH is 6. The van der Waals surface area contributed by atoms with E-state index in [1.807, 2.05) is 0 Å². The lowest BCUT2D eigenvalue weighted by molar-refractivity contribution is -0.409. The Balaban J connectivity index is 1.31. The summed E-state index contributed by atoms with van der Waals surface area (Å²) in [7, 11) is 16.7. The second-order valence-corrected chi connectivity index (χ2v) is 19.4. The maximum absolute atomic E-state index is 11.0. The molecule has 22 aliphatic rings. The molecule has 30 atom stereocenters. The van der Waals surface area contributed by atoms with Crippen molar-refractivity contribution in [2.45, 2.75) is 184 Å². The van der Waals surface area contributed by atoms with Crippen molar-refractivity contribution in [2.75, 3.05) is 125 Å². The molecule has 0 saturated carbocycles. The molecule has 0 amide bonds. The van der Waals surface area contributed by atoms with Crippen molar-refractivity contribution >= 4 is 0 Å². The van der Waals surface area contributed by atoms with E-state index in [1.54, 1.807) is 0 Å². The SMILES string of the molecule is COC1C2OC(CO)C(OC3OC(CO)C(OC4OC(CO)C(OC5OC(CO)C(OC6OC(CO)C(OC7OC(CO)C(O2)C(OC)C7OC)C(OC)C6OC)C(OC)C5OC)C(OC)C4OC)C(OC)C3OC)C1OC. The van der Waals surface area contributed by atoms with Crippen molar-refractivity contribution in [3.8, 4) is 0 Å². The van der Waals surface area contributed by atoms with E-state index in [1.165, 1.54) is 85.3 Å². The molecule has 6 N–H and O–H groups in total. The van der Waals surface area contributed by atoms with E-state index >= 15 is 0 Å². The van der Waals surface area contributed by atoms with Crippen LogP contribution in [0.3, 0.4) is 0 Å². The second-order valence-electron chi connectivity index (χ2n) is 19.4. The molecule has 22 saturated heterocycles. The smallest absolute Gasteiger partial charge is 0.187 e. The Morgan fingerprint density at radius 1 is 0.192 bits per heavy atom. The number of hydrogen-bond acceptors (Lipinski definition) is 30. The Hall–Kier alpha value is -1.20. The van der Waals surface area contributed by atoms with Gasteiger partial charge in [0.05, 0.1) is 39.6 Å². The summed E-state index contributed by atoms with van der Waals surface area (Å²) in [5.74, 6) is 0. The average molecular weight is 1140 g/mol. The summed E-state index contributed by atoms with van der Waals surface area (Å²) in [4.78, 5) is 0. The molecule has 30 heteroatoms. The van der Waals surface area contributed by atoms with Crippen molar-refractivity contribution in [3.63, 3.8) is 0 Å². The summed E-state index contributed by atoms with van der Waals surface area (Å²) in [6, 6.07) is 0. The molecule has 0 radical (unpaired) electrons. The molecule has 22 rings (SSSR count). The summed E-state index contributed by atoms with van der Waals surface area (Å²) in [5.41, 5.74) is 0. The van der Waals surface area contributed by atoms with Gasteiger partial charge in [0.1, 0.15) is 146 Å². The largest absolute Gasteiger partial charge is 0.394 e. The van der Waals surface area contributed by atoms with Gasteiger partial charge in [-0.05, 0) is 0 Å². The normalized spacial score (nSPS) is 48.7. The Labute approximate surface area is 452 Å². The molecule has 456 valence electrons. The van der Waals surface area contributed by atoms with Gasteiger partial charge in [-0.25, -0.2) is 0 Å². The van der Waals surface area contributed by atoms with E-state index in [-0.39, 0.29) is 0 Å². The minimum absolute atomic E-state index is 0.656. The Bertz CT molecular complexity index is 1420. The first-order chi connectivity index (χ1) is 37.9. The molecule has 0 aromatic carbocycles. The zero-order chi connectivity index (χ0) is 56.5. The third-order valence-corrected chi connectivity index (χ3v) is 15.6. The minimum atomic E-state index is -1.37. The van der Waals surface area contributed by atoms with Crippen molar-refractivity contribution in [1.29, 1.82) is 0 Å².